The Morgan fingerprint density at radius 1 is 1.30 bits per heavy atom. The van der Waals surface area contributed by atoms with Crippen molar-refractivity contribution < 1.29 is 9.18 Å². The van der Waals surface area contributed by atoms with Crippen LogP contribution in [0.25, 0.3) is 11.0 Å². The van der Waals surface area contributed by atoms with Gasteiger partial charge >= 0.3 is 0 Å². The van der Waals surface area contributed by atoms with Crippen molar-refractivity contribution in [3.63, 3.8) is 0 Å². The number of hydrogen-bond donors (Lipinski definition) is 2. The number of H-pyrrole nitrogens is 1. The van der Waals surface area contributed by atoms with Gasteiger partial charge in [-0.25, -0.2) is 9.37 Å². The smallest absolute Gasteiger partial charge is 0.251 e. The summed E-state index contributed by atoms with van der Waals surface area (Å²) in [6, 6.07) is 12.3. The van der Waals surface area contributed by atoms with Crippen LogP contribution in [0.4, 0.5) is 4.39 Å². The zero-order valence-electron chi connectivity index (χ0n) is 15.3. The van der Waals surface area contributed by atoms with Crippen molar-refractivity contribution in [2.75, 3.05) is 13.1 Å². The molecule has 2 N–H and O–H groups in total. The van der Waals surface area contributed by atoms with Crippen LogP contribution in [0.1, 0.15) is 34.6 Å². The van der Waals surface area contributed by atoms with Crippen LogP contribution in [0.2, 0.25) is 0 Å². The van der Waals surface area contributed by atoms with Crippen LogP contribution in [0, 0.1) is 12.7 Å². The first-order valence-electron chi connectivity index (χ1n) is 9.31. The number of benzene rings is 2. The van der Waals surface area contributed by atoms with E-state index in [-0.39, 0.29) is 17.8 Å². The fourth-order valence-corrected chi connectivity index (χ4v) is 3.71. The average molecular weight is 366 g/mol. The number of hydrogen-bond acceptors (Lipinski definition) is 3. The molecule has 1 atom stereocenters. The molecule has 1 aromatic heterocycles. The van der Waals surface area contributed by atoms with Gasteiger partial charge in [-0.2, -0.15) is 0 Å². The summed E-state index contributed by atoms with van der Waals surface area (Å²) in [5.74, 6) is 0.566. The Morgan fingerprint density at radius 3 is 2.93 bits per heavy atom. The molecule has 27 heavy (non-hydrogen) atoms. The van der Waals surface area contributed by atoms with Crippen molar-refractivity contribution >= 4 is 16.9 Å². The van der Waals surface area contributed by atoms with Gasteiger partial charge in [-0.05, 0) is 62.2 Å². The number of aromatic nitrogens is 2. The molecule has 1 aliphatic heterocycles. The number of aromatic amines is 1. The number of likely N-dealkylation sites (tertiary alicyclic amines) is 1. The number of fused-ring (bicyclic) bond motifs is 1. The van der Waals surface area contributed by atoms with Crippen molar-refractivity contribution in [3.05, 3.63) is 65.2 Å². The van der Waals surface area contributed by atoms with Gasteiger partial charge in [0.15, 0.2) is 0 Å². The van der Waals surface area contributed by atoms with Crippen molar-refractivity contribution in [2.24, 2.45) is 0 Å². The van der Waals surface area contributed by atoms with Crippen LogP contribution >= 0.6 is 0 Å². The van der Waals surface area contributed by atoms with E-state index in [1.807, 2.05) is 37.3 Å². The molecule has 6 heteroatoms. The topological polar surface area (TPSA) is 61.0 Å². The normalized spacial score (nSPS) is 17.9. The van der Waals surface area contributed by atoms with Crippen LogP contribution in [0.15, 0.2) is 42.5 Å². The highest BCUT2D eigenvalue weighted by atomic mass is 19.1. The Hall–Kier alpha value is -2.73. The molecule has 0 radical (unpaired) electrons. The zero-order valence-corrected chi connectivity index (χ0v) is 15.3. The van der Waals surface area contributed by atoms with E-state index in [4.69, 9.17) is 0 Å². The molecule has 0 spiro atoms. The van der Waals surface area contributed by atoms with Gasteiger partial charge in [0.25, 0.3) is 5.91 Å². The molecule has 4 rings (SSSR count). The molecule has 1 amide bonds. The van der Waals surface area contributed by atoms with E-state index >= 15 is 0 Å². The molecule has 5 nitrogen and oxygen atoms in total. The molecule has 0 unspecified atom stereocenters. The fraction of sp³-hybridized carbons (Fsp3) is 0.333. The standard InChI is InChI=1S/C21H23FN4O/c1-14-23-19-9-6-16(11-20(19)24-14)21(27)25-18-3-2-10-26(13-18)12-15-4-7-17(22)8-5-15/h4-9,11,18H,2-3,10,12-13H2,1H3,(H,23,24)(H,25,27)/t18-/m0/s1. The second kappa shape index (κ2) is 7.48. The third kappa shape index (κ3) is 4.17. The molecule has 0 bridgehead atoms. The van der Waals surface area contributed by atoms with Crippen LogP contribution in [0.5, 0.6) is 0 Å². The van der Waals surface area contributed by atoms with Crippen molar-refractivity contribution in [2.45, 2.75) is 32.4 Å². The van der Waals surface area contributed by atoms with Gasteiger partial charge in [0.05, 0.1) is 11.0 Å². The number of piperidine rings is 1. The van der Waals surface area contributed by atoms with Crippen LogP contribution in [-0.2, 0) is 6.54 Å². The molecule has 0 aliphatic carbocycles. The minimum absolute atomic E-state index is 0.0576. The maximum absolute atomic E-state index is 13.1. The summed E-state index contributed by atoms with van der Waals surface area (Å²) in [6.07, 6.45) is 2.00. The number of aryl methyl sites for hydroxylation is 1. The lowest BCUT2D eigenvalue weighted by atomic mass is 10.0. The highest BCUT2D eigenvalue weighted by molar-refractivity contribution is 5.97. The number of carbonyl (C=O) groups is 1. The number of nitrogens with zero attached hydrogens (tertiary/aromatic N) is 2. The van der Waals surface area contributed by atoms with E-state index in [9.17, 15) is 9.18 Å². The summed E-state index contributed by atoms with van der Waals surface area (Å²) in [5, 5.41) is 3.16. The predicted molar refractivity (Wildman–Crippen MR) is 103 cm³/mol. The molecular weight excluding hydrogens is 343 g/mol. The van der Waals surface area contributed by atoms with Gasteiger partial charge in [0, 0.05) is 24.7 Å². The Labute approximate surface area is 157 Å². The summed E-state index contributed by atoms with van der Waals surface area (Å²) in [6.45, 7) is 4.46. The zero-order chi connectivity index (χ0) is 18.8. The number of rotatable bonds is 4. The summed E-state index contributed by atoms with van der Waals surface area (Å²) in [7, 11) is 0. The summed E-state index contributed by atoms with van der Waals surface area (Å²) in [4.78, 5) is 22.5. The molecule has 2 aromatic carbocycles. The Bertz CT molecular complexity index is 950. The van der Waals surface area contributed by atoms with Gasteiger partial charge in [-0.15, -0.1) is 0 Å². The molecule has 0 saturated carbocycles. The van der Waals surface area contributed by atoms with E-state index < -0.39 is 0 Å². The van der Waals surface area contributed by atoms with E-state index in [0.29, 0.717) is 5.56 Å². The van der Waals surface area contributed by atoms with Gasteiger partial charge in [-0.1, -0.05) is 12.1 Å². The number of carbonyl (C=O) groups excluding carboxylic acids is 1. The van der Waals surface area contributed by atoms with E-state index in [1.165, 1.54) is 12.1 Å². The Balaban J connectivity index is 1.38. The number of halogens is 1. The van der Waals surface area contributed by atoms with Gasteiger partial charge < -0.3 is 10.3 Å². The number of imidazole rings is 1. The van der Waals surface area contributed by atoms with Gasteiger partial charge in [0.2, 0.25) is 0 Å². The minimum Gasteiger partial charge on any atom is -0.348 e. The highest BCUT2D eigenvalue weighted by Crippen LogP contribution is 2.17. The fourth-order valence-electron chi connectivity index (χ4n) is 3.71. The average Bonchev–Trinajstić information content (AvgIpc) is 3.03. The van der Waals surface area contributed by atoms with Crippen molar-refractivity contribution in [1.29, 1.82) is 0 Å². The lowest BCUT2D eigenvalue weighted by Crippen LogP contribution is -2.47. The quantitative estimate of drug-likeness (QED) is 0.744. The van der Waals surface area contributed by atoms with Gasteiger partial charge in [0.1, 0.15) is 11.6 Å². The first kappa shape index (κ1) is 17.7. The summed E-state index contributed by atoms with van der Waals surface area (Å²) >= 11 is 0. The lowest BCUT2D eigenvalue weighted by Gasteiger charge is -2.33. The molecule has 3 aromatic rings. The predicted octanol–water partition coefficient (Wildman–Crippen LogP) is 3.40. The van der Waals surface area contributed by atoms with Crippen molar-refractivity contribution in [3.8, 4) is 0 Å². The molecule has 2 heterocycles. The van der Waals surface area contributed by atoms with E-state index in [0.717, 1.165) is 54.9 Å². The first-order valence-corrected chi connectivity index (χ1v) is 9.31. The van der Waals surface area contributed by atoms with E-state index in [2.05, 4.69) is 20.2 Å². The van der Waals surface area contributed by atoms with Crippen LogP contribution in [0.3, 0.4) is 0 Å². The maximum Gasteiger partial charge on any atom is 0.251 e. The Kier molecular flexibility index (Phi) is 4.90. The largest absolute Gasteiger partial charge is 0.348 e. The Morgan fingerprint density at radius 2 is 2.11 bits per heavy atom. The third-order valence-electron chi connectivity index (χ3n) is 5.02. The molecule has 1 aliphatic rings. The van der Waals surface area contributed by atoms with Crippen LogP contribution < -0.4 is 5.32 Å². The maximum atomic E-state index is 13.1. The first-order chi connectivity index (χ1) is 13.1. The van der Waals surface area contributed by atoms with Crippen LogP contribution in [-0.4, -0.2) is 39.9 Å². The molecular formula is C21H23FN4O. The van der Waals surface area contributed by atoms with Crippen molar-refractivity contribution in [1.82, 2.24) is 20.2 Å². The summed E-state index contributed by atoms with van der Waals surface area (Å²) in [5.41, 5.74) is 3.47. The number of nitrogens with one attached hydrogen (secondary N) is 2. The van der Waals surface area contributed by atoms with Gasteiger partial charge in [-0.3, -0.25) is 9.69 Å². The number of amides is 1. The highest BCUT2D eigenvalue weighted by Gasteiger charge is 2.22. The summed E-state index contributed by atoms with van der Waals surface area (Å²) < 4.78 is 13.1. The molecule has 1 fully saturated rings. The molecule has 140 valence electrons. The monoisotopic (exact) mass is 366 g/mol. The minimum atomic E-state index is -0.216. The second-order valence-corrected chi connectivity index (χ2v) is 7.23. The second-order valence-electron chi connectivity index (χ2n) is 7.23. The SMILES string of the molecule is Cc1nc2ccc(C(=O)N[C@H]3CCCN(Cc4ccc(F)cc4)C3)cc2[nH]1. The molecule has 1 saturated heterocycles. The lowest BCUT2D eigenvalue weighted by molar-refractivity contribution is 0.0901. The van der Waals surface area contributed by atoms with E-state index in [1.54, 1.807) is 0 Å². The third-order valence-corrected chi connectivity index (χ3v) is 5.02.